The standard InChI is InChI=1S/2C10H14N2O4/c2*1-6-4-12(10(15)11-9(6)14)8-3-2-7(5-13)16-8/h2*4,7-8,13H,2-3,5H2,1H3,(H,11,14,15)/t7-,8+;7-,8-/m00/s1. The van der Waals surface area contributed by atoms with Gasteiger partial charge in [-0.15, -0.1) is 0 Å². The summed E-state index contributed by atoms with van der Waals surface area (Å²) >= 11 is 0. The molecule has 0 aromatic carbocycles. The second-order valence-corrected chi connectivity index (χ2v) is 7.90. The molecule has 4 heterocycles. The molecule has 12 nitrogen and oxygen atoms in total. The summed E-state index contributed by atoms with van der Waals surface area (Å²) in [5.41, 5.74) is -0.763. The van der Waals surface area contributed by atoms with E-state index >= 15 is 0 Å². The summed E-state index contributed by atoms with van der Waals surface area (Å²) in [6, 6.07) is 0. The number of aromatic nitrogens is 4. The first-order valence-electron chi connectivity index (χ1n) is 10.4. The van der Waals surface area contributed by atoms with E-state index in [0.717, 1.165) is 0 Å². The Hall–Kier alpha value is -2.80. The molecule has 12 heteroatoms. The van der Waals surface area contributed by atoms with E-state index in [1.165, 1.54) is 21.5 Å². The van der Waals surface area contributed by atoms with E-state index in [9.17, 15) is 19.2 Å². The largest absolute Gasteiger partial charge is 0.394 e. The maximum atomic E-state index is 11.5. The van der Waals surface area contributed by atoms with Crippen molar-refractivity contribution in [3.63, 3.8) is 0 Å². The van der Waals surface area contributed by atoms with Crippen LogP contribution in [0.5, 0.6) is 0 Å². The molecule has 0 bridgehead atoms. The van der Waals surface area contributed by atoms with E-state index in [2.05, 4.69) is 9.97 Å². The zero-order valence-corrected chi connectivity index (χ0v) is 17.9. The van der Waals surface area contributed by atoms with Gasteiger partial charge in [0.25, 0.3) is 11.1 Å². The lowest BCUT2D eigenvalue weighted by molar-refractivity contribution is -0.0247. The molecule has 0 saturated carbocycles. The second kappa shape index (κ2) is 10.2. The number of aliphatic hydroxyl groups excluding tert-OH is 2. The lowest BCUT2D eigenvalue weighted by Gasteiger charge is -2.14. The molecule has 2 saturated heterocycles. The smallest absolute Gasteiger partial charge is 0.330 e. The Morgan fingerprint density at radius 2 is 1.16 bits per heavy atom. The number of hydrogen-bond donors (Lipinski definition) is 4. The molecular formula is C20H28N4O8. The molecule has 4 N–H and O–H groups in total. The maximum absolute atomic E-state index is 11.5. The molecule has 4 atom stereocenters. The number of aromatic amines is 2. The van der Waals surface area contributed by atoms with Gasteiger partial charge in [0.2, 0.25) is 0 Å². The molecule has 2 fully saturated rings. The summed E-state index contributed by atoms with van der Waals surface area (Å²) in [5, 5.41) is 17.9. The third-order valence-electron chi connectivity index (χ3n) is 5.49. The van der Waals surface area contributed by atoms with Gasteiger partial charge in [-0.25, -0.2) is 9.59 Å². The van der Waals surface area contributed by atoms with E-state index in [1.54, 1.807) is 13.8 Å². The fourth-order valence-electron chi connectivity index (χ4n) is 3.65. The molecule has 2 aromatic heterocycles. The van der Waals surface area contributed by atoms with Crippen LogP contribution < -0.4 is 22.5 Å². The second-order valence-electron chi connectivity index (χ2n) is 7.90. The number of hydrogen-bond acceptors (Lipinski definition) is 8. The molecule has 0 spiro atoms. The van der Waals surface area contributed by atoms with Crippen molar-refractivity contribution in [2.45, 2.75) is 64.2 Å². The van der Waals surface area contributed by atoms with E-state index < -0.39 is 11.4 Å². The fourth-order valence-corrected chi connectivity index (χ4v) is 3.65. The van der Waals surface area contributed by atoms with Crippen molar-refractivity contribution in [2.24, 2.45) is 0 Å². The molecule has 0 radical (unpaired) electrons. The SMILES string of the molecule is Cc1cn([C@@H]2CC[C@@H](CO)O2)c(=O)[nH]c1=O.Cc1cn([C@H]2CC[C@@H](CO)O2)c(=O)[nH]c1=O. The van der Waals surface area contributed by atoms with Crippen molar-refractivity contribution in [1.29, 1.82) is 0 Å². The quantitative estimate of drug-likeness (QED) is 0.459. The lowest BCUT2D eigenvalue weighted by Crippen LogP contribution is -2.33. The number of aryl methyl sites for hydroxylation is 2. The number of aliphatic hydroxyl groups is 2. The first kappa shape index (κ1) is 23.9. The van der Waals surface area contributed by atoms with Crippen LogP contribution in [0.3, 0.4) is 0 Å². The molecule has 0 amide bonds. The van der Waals surface area contributed by atoms with Gasteiger partial charge in [-0.1, -0.05) is 0 Å². The van der Waals surface area contributed by atoms with Crippen LogP contribution in [0.2, 0.25) is 0 Å². The normalized spacial score (nSPS) is 24.9. The Bertz CT molecular complexity index is 1070. The first-order valence-corrected chi connectivity index (χ1v) is 10.4. The van der Waals surface area contributed by atoms with Gasteiger partial charge < -0.3 is 19.7 Å². The number of rotatable bonds is 4. The number of nitrogens with zero attached hydrogens (tertiary/aromatic N) is 2. The van der Waals surface area contributed by atoms with Crippen LogP contribution in [-0.2, 0) is 9.47 Å². The molecule has 176 valence electrons. The molecule has 2 aliphatic heterocycles. The molecule has 0 aliphatic carbocycles. The average molecular weight is 452 g/mol. The van der Waals surface area contributed by atoms with Gasteiger partial charge in [0.05, 0.1) is 25.4 Å². The van der Waals surface area contributed by atoms with Crippen LogP contribution in [0.15, 0.2) is 31.6 Å². The number of H-pyrrole nitrogens is 2. The minimum absolute atomic E-state index is 0.0480. The van der Waals surface area contributed by atoms with Crippen LogP contribution in [0, 0.1) is 13.8 Å². The molecule has 4 rings (SSSR count). The topological polar surface area (TPSA) is 169 Å². The highest BCUT2D eigenvalue weighted by atomic mass is 16.5. The van der Waals surface area contributed by atoms with Gasteiger partial charge in [0.15, 0.2) is 0 Å². The average Bonchev–Trinajstić information content (AvgIpc) is 3.43. The van der Waals surface area contributed by atoms with E-state index in [-0.39, 0.29) is 49.0 Å². The molecular weight excluding hydrogens is 424 g/mol. The Morgan fingerprint density at radius 1 is 0.781 bits per heavy atom. The third-order valence-corrected chi connectivity index (χ3v) is 5.49. The highest BCUT2D eigenvalue weighted by Crippen LogP contribution is 2.27. The Morgan fingerprint density at radius 3 is 1.47 bits per heavy atom. The molecule has 2 aromatic rings. The highest BCUT2D eigenvalue weighted by Gasteiger charge is 2.27. The zero-order valence-electron chi connectivity index (χ0n) is 17.9. The van der Waals surface area contributed by atoms with Crippen LogP contribution >= 0.6 is 0 Å². The summed E-state index contributed by atoms with van der Waals surface area (Å²) < 4.78 is 13.7. The number of ether oxygens (including phenoxy) is 2. The summed E-state index contributed by atoms with van der Waals surface area (Å²) in [6.07, 6.45) is 4.52. The van der Waals surface area contributed by atoms with Crippen molar-refractivity contribution < 1.29 is 19.7 Å². The predicted molar refractivity (Wildman–Crippen MR) is 113 cm³/mol. The highest BCUT2D eigenvalue weighted by molar-refractivity contribution is 5.02. The summed E-state index contributed by atoms with van der Waals surface area (Å²) in [4.78, 5) is 49.9. The van der Waals surface area contributed by atoms with Gasteiger partial charge in [-0.2, -0.15) is 0 Å². The van der Waals surface area contributed by atoms with E-state index in [0.29, 0.717) is 36.8 Å². The van der Waals surface area contributed by atoms with Crippen molar-refractivity contribution in [3.8, 4) is 0 Å². The van der Waals surface area contributed by atoms with Crippen molar-refractivity contribution in [3.05, 3.63) is 65.2 Å². The number of nitrogens with one attached hydrogen (secondary N) is 2. The van der Waals surface area contributed by atoms with Gasteiger partial charge >= 0.3 is 11.4 Å². The fraction of sp³-hybridized carbons (Fsp3) is 0.600. The third kappa shape index (κ3) is 5.33. The van der Waals surface area contributed by atoms with Gasteiger partial charge in [0, 0.05) is 23.5 Å². The minimum atomic E-state index is -0.473. The minimum Gasteiger partial charge on any atom is -0.394 e. The Balaban J connectivity index is 0.000000181. The van der Waals surface area contributed by atoms with E-state index in [4.69, 9.17) is 19.7 Å². The predicted octanol–water partition coefficient (Wildman–Crippen LogP) is -0.970. The van der Waals surface area contributed by atoms with Crippen molar-refractivity contribution in [2.75, 3.05) is 13.2 Å². The van der Waals surface area contributed by atoms with E-state index in [1.807, 2.05) is 0 Å². The van der Waals surface area contributed by atoms with Crippen LogP contribution in [0.25, 0.3) is 0 Å². The monoisotopic (exact) mass is 452 g/mol. The summed E-state index contributed by atoms with van der Waals surface area (Å²) in [7, 11) is 0. The maximum Gasteiger partial charge on any atom is 0.330 e. The molecule has 2 aliphatic rings. The van der Waals surface area contributed by atoms with Gasteiger partial charge in [-0.3, -0.25) is 28.7 Å². The van der Waals surface area contributed by atoms with Crippen LogP contribution in [-0.4, -0.2) is 54.7 Å². The van der Waals surface area contributed by atoms with Gasteiger partial charge in [-0.05, 0) is 39.5 Å². The Labute approximate surface area is 182 Å². The van der Waals surface area contributed by atoms with Gasteiger partial charge in [0.1, 0.15) is 12.5 Å². The molecule has 0 unspecified atom stereocenters. The zero-order chi connectivity index (χ0) is 23.4. The lowest BCUT2D eigenvalue weighted by atomic mass is 10.2. The van der Waals surface area contributed by atoms with Crippen molar-refractivity contribution in [1.82, 2.24) is 19.1 Å². The van der Waals surface area contributed by atoms with Crippen LogP contribution in [0.4, 0.5) is 0 Å². The Kier molecular flexibility index (Phi) is 7.61. The summed E-state index contributed by atoms with van der Waals surface area (Å²) in [6.45, 7) is 3.17. The summed E-state index contributed by atoms with van der Waals surface area (Å²) in [5.74, 6) is 0. The molecule has 32 heavy (non-hydrogen) atoms. The first-order chi connectivity index (χ1) is 15.2. The van der Waals surface area contributed by atoms with Crippen LogP contribution in [0.1, 0.15) is 49.3 Å². The van der Waals surface area contributed by atoms with Crippen molar-refractivity contribution >= 4 is 0 Å².